The summed E-state index contributed by atoms with van der Waals surface area (Å²) in [4.78, 5) is 11.4. The molecule has 316 valence electrons. The monoisotopic (exact) mass is 874 g/mol. The number of hydrogen-bond acceptors (Lipinski definition) is 4. The molecule has 22 heteroatoms. The fraction of sp³-hybridized carbons (Fsp3) is 0.361. The summed E-state index contributed by atoms with van der Waals surface area (Å²) in [6, 6.07) is 20.2. The quantitative estimate of drug-likeness (QED) is 0.0455. The van der Waals surface area contributed by atoms with E-state index >= 15 is 0 Å². The van der Waals surface area contributed by atoms with E-state index in [0.717, 1.165) is 50.0 Å². The second kappa shape index (κ2) is 14.3. The molecule has 0 radical (unpaired) electrons. The van der Waals surface area contributed by atoms with Crippen LogP contribution in [0.1, 0.15) is 24.8 Å². The number of carbonyl (C=O) groups excluding carboxylic acids is 1. The number of aryl methyl sites for hydroxylation is 1. The van der Waals surface area contributed by atoms with Gasteiger partial charge in [-0.25, -0.2) is 8.42 Å². The number of carbonyl (C=O) groups is 1. The maximum Gasteiger partial charge on any atom is 0.460 e. The Morgan fingerprint density at radius 2 is 1.00 bits per heavy atom. The summed E-state index contributed by atoms with van der Waals surface area (Å²) in [5.74, 6) is -61.4. The third-order valence-corrected chi connectivity index (χ3v) is 11.1. The average Bonchev–Trinajstić information content (AvgIpc) is 3.12. The normalized spacial score (nSPS) is 14.5. The Balaban J connectivity index is 1.22. The molecule has 0 aromatic heterocycles. The first-order valence-corrected chi connectivity index (χ1v) is 17.9. The first-order chi connectivity index (χ1) is 26.4. The van der Waals surface area contributed by atoms with Crippen molar-refractivity contribution in [3.05, 3.63) is 84.4 Å². The minimum atomic E-state index is -8.79. The first-order valence-electron chi connectivity index (χ1n) is 16.3. The summed E-state index contributed by atoms with van der Waals surface area (Å²) in [5.41, 5.74) is 0.916. The van der Waals surface area contributed by atoms with Crippen molar-refractivity contribution >= 4 is 48.1 Å². The van der Waals surface area contributed by atoms with Crippen molar-refractivity contribution in [2.24, 2.45) is 0 Å². The van der Waals surface area contributed by atoms with Crippen LogP contribution in [-0.2, 0) is 21.1 Å². The lowest BCUT2D eigenvalue weighted by molar-refractivity contribution is -0.461. The highest BCUT2D eigenvalue weighted by Crippen LogP contribution is 2.64. The zero-order chi connectivity index (χ0) is 43.7. The maximum absolute atomic E-state index is 14.3. The van der Waals surface area contributed by atoms with Gasteiger partial charge >= 0.3 is 53.6 Å². The van der Waals surface area contributed by atoms with Gasteiger partial charge in [-0.2, -0.15) is 74.6 Å². The van der Waals surface area contributed by atoms with E-state index in [4.69, 9.17) is 4.74 Å². The zero-order valence-electron chi connectivity index (χ0n) is 28.5. The van der Waals surface area contributed by atoms with Crippen molar-refractivity contribution in [2.75, 3.05) is 5.75 Å². The van der Waals surface area contributed by atoms with Crippen molar-refractivity contribution in [3.8, 4) is 5.75 Å². The molecule has 0 aliphatic rings. The Kier molecular flexibility index (Phi) is 11.0. The van der Waals surface area contributed by atoms with Gasteiger partial charge in [0, 0.05) is 12.8 Å². The van der Waals surface area contributed by atoms with E-state index in [1.807, 2.05) is 54.6 Å². The predicted octanol–water partition coefficient (Wildman–Crippen LogP) is 11.7. The molecule has 0 unspecified atom stereocenters. The van der Waals surface area contributed by atoms with Gasteiger partial charge in [-0.15, -0.1) is 0 Å². The molecule has 0 aliphatic carbocycles. The fourth-order valence-corrected chi connectivity index (χ4v) is 7.38. The standard InChI is InChI=1S/C36H23F17O4S/c37-29(38,30(39,40)31(41,42)32(43,44)33(45,46)34(47,48)35(49,50)36(51,52)53)17-18-58(55,56)24-14-12-23(13-15-24)57-26(54)6-2-3-19-7-8-22-10-9-20-4-1-5-21-11-16-25(19)28(22)27(20)21/h1,4-5,7-16H,2-3,6,17-18H2. The van der Waals surface area contributed by atoms with Crippen LogP contribution in [0.4, 0.5) is 74.6 Å². The topological polar surface area (TPSA) is 60.4 Å². The minimum Gasteiger partial charge on any atom is -0.427 e. The van der Waals surface area contributed by atoms with Gasteiger partial charge in [0.1, 0.15) is 5.75 Å². The molecular weight excluding hydrogens is 851 g/mol. The van der Waals surface area contributed by atoms with E-state index in [1.165, 1.54) is 0 Å². The summed E-state index contributed by atoms with van der Waals surface area (Å²) in [6.45, 7) is 0. The van der Waals surface area contributed by atoms with Crippen molar-refractivity contribution in [1.82, 2.24) is 0 Å². The van der Waals surface area contributed by atoms with Crippen LogP contribution in [0.3, 0.4) is 0 Å². The Labute approximate surface area is 314 Å². The Hall–Kier alpha value is -4.63. The average molecular weight is 875 g/mol. The molecule has 0 N–H and O–H groups in total. The zero-order valence-corrected chi connectivity index (χ0v) is 29.3. The molecule has 5 rings (SSSR count). The van der Waals surface area contributed by atoms with Crippen molar-refractivity contribution < 1.29 is 92.6 Å². The Morgan fingerprint density at radius 1 is 0.534 bits per heavy atom. The van der Waals surface area contributed by atoms with Gasteiger partial charge in [0.15, 0.2) is 9.84 Å². The number of hydrogen-bond donors (Lipinski definition) is 0. The minimum absolute atomic E-state index is 0.177. The molecule has 4 nitrogen and oxygen atoms in total. The number of halogens is 17. The number of alkyl halides is 17. The van der Waals surface area contributed by atoms with Crippen LogP contribution >= 0.6 is 0 Å². The van der Waals surface area contributed by atoms with Crippen LogP contribution in [0.15, 0.2) is 83.8 Å². The SMILES string of the molecule is O=C(CCCc1ccc2ccc3cccc4ccc1c2c34)Oc1ccc(S(=O)(=O)CCC(F)(F)C(F)(F)C(F)(F)C(F)(F)C(F)(F)C(F)(F)C(F)(F)C(F)(F)F)cc1. The molecule has 0 saturated carbocycles. The van der Waals surface area contributed by atoms with Gasteiger partial charge in [-0.05, 0) is 75.0 Å². The maximum atomic E-state index is 14.3. The molecule has 58 heavy (non-hydrogen) atoms. The van der Waals surface area contributed by atoms with E-state index in [-0.39, 0.29) is 18.6 Å². The summed E-state index contributed by atoms with van der Waals surface area (Å²) in [6.07, 6.45) is -10.5. The van der Waals surface area contributed by atoms with E-state index < -0.39 is 80.5 Å². The predicted molar refractivity (Wildman–Crippen MR) is 173 cm³/mol. The van der Waals surface area contributed by atoms with Crippen molar-refractivity contribution in [2.45, 2.75) is 78.2 Å². The number of ether oxygens (including phenoxy) is 1. The van der Waals surface area contributed by atoms with Crippen molar-refractivity contribution in [3.63, 3.8) is 0 Å². The largest absolute Gasteiger partial charge is 0.460 e. The second-order valence-electron chi connectivity index (χ2n) is 13.1. The summed E-state index contributed by atoms with van der Waals surface area (Å²) >= 11 is 0. The highest BCUT2D eigenvalue weighted by atomic mass is 32.2. The number of esters is 1. The number of rotatable bonds is 15. The van der Waals surface area contributed by atoms with Gasteiger partial charge < -0.3 is 4.74 Å². The highest BCUT2D eigenvalue weighted by Gasteiger charge is 2.95. The molecule has 0 saturated heterocycles. The summed E-state index contributed by atoms with van der Waals surface area (Å²) in [5, 5.41) is 6.13. The third kappa shape index (κ3) is 7.01. The van der Waals surface area contributed by atoms with Crippen molar-refractivity contribution in [1.29, 1.82) is 0 Å². The first kappa shape index (κ1) is 44.5. The molecule has 5 aromatic carbocycles. The fourth-order valence-electron chi connectivity index (χ4n) is 6.07. The molecule has 0 amide bonds. The molecule has 0 atom stereocenters. The van der Waals surface area contributed by atoms with E-state index in [1.54, 1.807) is 0 Å². The van der Waals surface area contributed by atoms with Gasteiger partial charge in [-0.3, -0.25) is 4.79 Å². The molecule has 0 heterocycles. The molecule has 5 aromatic rings. The number of sulfone groups is 1. The smallest absolute Gasteiger partial charge is 0.427 e. The Bertz CT molecular complexity index is 2410. The van der Waals surface area contributed by atoms with Gasteiger partial charge in [-0.1, -0.05) is 54.6 Å². The van der Waals surface area contributed by atoms with E-state index in [9.17, 15) is 87.8 Å². The van der Waals surface area contributed by atoms with Gasteiger partial charge in [0.05, 0.1) is 10.6 Å². The molecular formula is C36H23F17O4S. The lowest BCUT2D eigenvalue weighted by atomic mass is 9.88. The van der Waals surface area contributed by atoms with Gasteiger partial charge in [0.25, 0.3) is 0 Å². The lowest BCUT2D eigenvalue weighted by Gasteiger charge is -2.42. The van der Waals surface area contributed by atoms with Crippen LogP contribution in [0.5, 0.6) is 5.75 Å². The second-order valence-corrected chi connectivity index (χ2v) is 15.2. The van der Waals surface area contributed by atoms with E-state index in [2.05, 4.69) is 0 Å². The van der Waals surface area contributed by atoms with E-state index in [0.29, 0.717) is 18.6 Å². The van der Waals surface area contributed by atoms with Gasteiger partial charge in [0.2, 0.25) is 0 Å². The molecule has 0 fully saturated rings. The Morgan fingerprint density at radius 3 is 1.53 bits per heavy atom. The highest BCUT2D eigenvalue weighted by molar-refractivity contribution is 7.91. The molecule has 0 bridgehead atoms. The van der Waals surface area contributed by atoms with Crippen LogP contribution in [0.25, 0.3) is 32.3 Å². The molecule has 0 aliphatic heterocycles. The molecule has 0 spiro atoms. The number of benzene rings is 5. The van der Waals surface area contributed by atoms with Crippen LogP contribution in [-0.4, -0.2) is 67.8 Å². The van der Waals surface area contributed by atoms with Crippen LogP contribution in [0, 0.1) is 0 Å². The summed E-state index contributed by atoms with van der Waals surface area (Å²) in [7, 11) is -5.33. The summed E-state index contributed by atoms with van der Waals surface area (Å²) < 4.78 is 260. The third-order valence-electron chi connectivity index (χ3n) is 9.33. The van der Waals surface area contributed by atoms with Crippen LogP contribution in [0.2, 0.25) is 0 Å². The van der Waals surface area contributed by atoms with Crippen LogP contribution < -0.4 is 4.74 Å². The lowest BCUT2D eigenvalue weighted by Crippen LogP contribution is -2.74.